The van der Waals surface area contributed by atoms with Crippen molar-refractivity contribution in [2.75, 3.05) is 13.1 Å². The largest absolute Gasteiger partial charge is 0.480 e. The van der Waals surface area contributed by atoms with Crippen LogP contribution in [0, 0.1) is 0 Å². The average molecular weight is 371 g/mol. The molecule has 3 N–H and O–H groups in total. The number of nitrogens with zero attached hydrogens (tertiary/aromatic N) is 1. The Morgan fingerprint density at radius 2 is 1.27 bits per heavy atom. The molecule has 0 radical (unpaired) electrons. The number of carbonyl (C=O) groups is 2. The van der Waals surface area contributed by atoms with Gasteiger partial charge in [-0.3, -0.25) is 14.5 Å². The highest BCUT2D eigenvalue weighted by molar-refractivity contribution is 5.77. The zero-order valence-electron chi connectivity index (χ0n) is 17.2. The van der Waals surface area contributed by atoms with E-state index in [-0.39, 0.29) is 6.42 Å². The molecule has 0 rings (SSSR count). The van der Waals surface area contributed by atoms with E-state index in [0.29, 0.717) is 6.42 Å². The fourth-order valence-electron chi connectivity index (χ4n) is 3.33. The summed E-state index contributed by atoms with van der Waals surface area (Å²) in [7, 11) is 0. The van der Waals surface area contributed by atoms with Crippen molar-refractivity contribution in [3.8, 4) is 0 Å². The number of aliphatic carboxylic acids is 1. The van der Waals surface area contributed by atoms with Gasteiger partial charge in [0.1, 0.15) is 6.04 Å². The van der Waals surface area contributed by atoms with Gasteiger partial charge in [-0.2, -0.15) is 0 Å². The van der Waals surface area contributed by atoms with E-state index in [2.05, 4.69) is 13.8 Å². The van der Waals surface area contributed by atoms with Crippen LogP contribution in [0.1, 0.15) is 104 Å². The average Bonchev–Trinajstić information content (AvgIpc) is 2.60. The minimum atomic E-state index is -0.838. The van der Waals surface area contributed by atoms with Gasteiger partial charge in [0.15, 0.2) is 0 Å². The number of amides is 1. The smallest absolute Gasteiger partial charge is 0.320 e. The van der Waals surface area contributed by atoms with Crippen molar-refractivity contribution < 1.29 is 14.7 Å². The second-order valence-electron chi connectivity index (χ2n) is 7.43. The van der Waals surface area contributed by atoms with E-state index < -0.39 is 17.9 Å². The Labute approximate surface area is 160 Å². The van der Waals surface area contributed by atoms with Crippen LogP contribution in [0.2, 0.25) is 0 Å². The third kappa shape index (κ3) is 14.1. The van der Waals surface area contributed by atoms with Crippen molar-refractivity contribution in [2.45, 2.75) is 110 Å². The number of carboxylic acid groups (broad SMARTS) is 1. The molecular formula is C21H42N2O3. The molecule has 1 atom stereocenters. The van der Waals surface area contributed by atoms with Crippen molar-refractivity contribution >= 4 is 11.9 Å². The van der Waals surface area contributed by atoms with Crippen LogP contribution in [0.4, 0.5) is 0 Å². The molecule has 0 saturated carbocycles. The maximum absolute atomic E-state index is 11.6. The summed E-state index contributed by atoms with van der Waals surface area (Å²) in [6.45, 7) is 5.93. The first-order valence-corrected chi connectivity index (χ1v) is 10.8. The first-order chi connectivity index (χ1) is 12.5. The minimum Gasteiger partial charge on any atom is -0.480 e. The predicted octanol–water partition coefficient (Wildman–Crippen LogP) is 4.73. The molecule has 5 heteroatoms. The van der Waals surface area contributed by atoms with Gasteiger partial charge in [-0.15, -0.1) is 0 Å². The van der Waals surface area contributed by atoms with E-state index in [4.69, 9.17) is 5.73 Å². The highest BCUT2D eigenvalue weighted by Gasteiger charge is 2.25. The maximum Gasteiger partial charge on any atom is 0.320 e. The normalized spacial score (nSPS) is 12.4. The Balaban J connectivity index is 4.07. The second-order valence-corrected chi connectivity index (χ2v) is 7.43. The Hall–Kier alpha value is -1.10. The maximum atomic E-state index is 11.6. The highest BCUT2D eigenvalue weighted by Crippen LogP contribution is 2.14. The van der Waals surface area contributed by atoms with Crippen molar-refractivity contribution in [2.24, 2.45) is 5.73 Å². The van der Waals surface area contributed by atoms with Gasteiger partial charge in [0.05, 0.1) is 0 Å². The minimum absolute atomic E-state index is 0.137. The van der Waals surface area contributed by atoms with Crippen LogP contribution in [0.15, 0.2) is 0 Å². The van der Waals surface area contributed by atoms with E-state index >= 15 is 0 Å². The molecule has 154 valence electrons. The predicted molar refractivity (Wildman–Crippen MR) is 108 cm³/mol. The summed E-state index contributed by atoms with van der Waals surface area (Å²) in [5.41, 5.74) is 5.20. The molecule has 0 unspecified atom stereocenters. The monoisotopic (exact) mass is 370 g/mol. The van der Waals surface area contributed by atoms with Gasteiger partial charge >= 0.3 is 5.97 Å². The van der Waals surface area contributed by atoms with Gasteiger partial charge in [-0.1, -0.05) is 78.1 Å². The molecule has 0 heterocycles. The molecular weight excluding hydrogens is 328 g/mol. The number of rotatable bonds is 19. The summed E-state index contributed by atoms with van der Waals surface area (Å²) in [5, 5.41) is 9.52. The SMILES string of the molecule is CCCCCCCCCCCCN(CCCC)[C@@H](CCC(N)=O)C(=O)O. The number of nitrogens with two attached hydrogens (primary N) is 1. The fourth-order valence-corrected chi connectivity index (χ4v) is 3.33. The van der Waals surface area contributed by atoms with Crippen LogP contribution < -0.4 is 5.73 Å². The van der Waals surface area contributed by atoms with Gasteiger partial charge < -0.3 is 10.8 Å². The van der Waals surface area contributed by atoms with Gasteiger partial charge in [0.2, 0.25) is 5.91 Å². The Morgan fingerprint density at radius 1 is 0.808 bits per heavy atom. The zero-order chi connectivity index (χ0) is 19.6. The van der Waals surface area contributed by atoms with Crippen LogP contribution in [0.25, 0.3) is 0 Å². The molecule has 0 spiro atoms. The van der Waals surface area contributed by atoms with Gasteiger partial charge in [-0.05, 0) is 32.4 Å². The van der Waals surface area contributed by atoms with E-state index in [1.54, 1.807) is 0 Å². The van der Waals surface area contributed by atoms with E-state index in [9.17, 15) is 14.7 Å². The lowest BCUT2D eigenvalue weighted by molar-refractivity contribution is -0.143. The molecule has 0 saturated heterocycles. The molecule has 0 aliphatic heterocycles. The summed E-state index contributed by atoms with van der Waals surface area (Å²) >= 11 is 0. The molecule has 0 aromatic heterocycles. The van der Waals surface area contributed by atoms with Crippen molar-refractivity contribution in [1.29, 1.82) is 0 Å². The Morgan fingerprint density at radius 3 is 1.73 bits per heavy atom. The summed E-state index contributed by atoms with van der Waals surface area (Å²) in [5.74, 6) is -1.26. The molecule has 1 amide bonds. The fraction of sp³-hybridized carbons (Fsp3) is 0.905. The lowest BCUT2D eigenvalue weighted by Gasteiger charge is -2.28. The summed E-state index contributed by atoms with van der Waals surface area (Å²) in [6, 6.07) is -0.590. The first-order valence-electron chi connectivity index (χ1n) is 10.8. The Bertz CT molecular complexity index is 361. The lowest BCUT2D eigenvalue weighted by atomic mass is 10.1. The van der Waals surface area contributed by atoms with Crippen LogP contribution in [-0.2, 0) is 9.59 Å². The van der Waals surface area contributed by atoms with E-state index in [1.807, 2.05) is 4.90 Å². The second kappa shape index (κ2) is 17.3. The Kier molecular flexibility index (Phi) is 16.6. The van der Waals surface area contributed by atoms with Crippen molar-refractivity contribution in [3.63, 3.8) is 0 Å². The van der Waals surface area contributed by atoms with Crippen molar-refractivity contribution in [3.05, 3.63) is 0 Å². The van der Waals surface area contributed by atoms with Gasteiger partial charge in [0.25, 0.3) is 0 Å². The van der Waals surface area contributed by atoms with Crippen molar-refractivity contribution in [1.82, 2.24) is 4.90 Å². The molecule has 5 nitrogen and oxygen atoms in total. The third-order valence-corrected chi connectivity index (χ3v) is 4.99. The lowest BCUT2D eigenvalue weighted by Crippen LogP contribution is -2.43. The van der Waals surface area contributed by atoms with E-state index in [0.717, 1.165) is 38.8 Å². The number of unbranched alkanes of at least 4 members (excludes halogenated alkanes) is 10. The molecule has 0 aliphatic carbocycles. The van der Waals surface area contributed by atoms with Gasteiger partial charge in [-0.25, -0.2) is 0 Å². The number of carboxylic acids is 1. The number of hydrogen-bond acceptors (Lipinski definition) is 3. The quantitative estimate of drug-likeness (QED) is 0.322. The summed E-state index contributed by atoms with van der Waals surface area (Å²) in [6.07, 6.45) is 15.2. The third-order valence-electron chi connectivity index (χ3n) is 4.99. The zero-order valence-corrected chi connectivity index (χ0v) is 17.2. The summed E-state index contributed by atoms with van der Waals surface area (Å²) in [4.78, 5) is 24.7. The van der Waals surface area contributed by atoms with Crippen LogP contribution in [0.3, 0.4) is 0 Å². The first kappa shape index (κ1) is 24.9. The van der Waals surface area contributed by atoms with Crippen LogP contribution in [-0.4, -0.2) is 41.0 Å². The molecule has 0 aliphatic rings. The molecule has 0 bridgehead atoms. The molecule has 26 heavy (non-hydrogen) atoms. The molecule has 0 aromatic rings. The molecule has 0 fully saturated rings. The standard InChI is InChI=1S/C21H42N2O3/c1-3-5-7-8-9-10-11-12-13-14-18-23(17-6-4-2)19(21(25)26)15-16-20(22)24/h19H,3-18H2,1-2H3,(H2,22,24)(H,25,26)/t19-/m0/s1. The highest BCUT2D eigenvalue weighted by atomic mass is 16.4. The number of hydrogen-bond donors (Lipinski definition) is 2. The number of primary amides is 1. The number of carbonyl (C=O) groups excluding carboxylic acids is 1. The van der Waals surface area contributed by atoms with Gasteiger partial charge in [0, 0.05) is 6.42 Å². The topological polar surface area (TPSA) is 83.6 Å². The molecule has 0 aromatic carbocycles. The van der Waals surface area contributed by atoms with E-state index in [1.165, 1.54) is 51.4 Å². The summed E-state index contributed by atoms with van der Waals surface area (Å²) < 4.78 is 0. The van der Waals surface area contributed by atoms with Crippen LogP contribution in [0.5, 0.6) is 0 Å². The van der Waals surface area contributed by atoms with Crippen LogP contribution >= 0.6 is 0 Å².